The maximum atomic E-state index is 4.45. The predicted octanol–water partition coefficient (Wildman–Crippen LogP) is 1.88. The first-order valence-corrected chi connectivity index (χ1v) is 5.62. The van der Waals surface area contributed by atoms with E-state index in [1.54, 1.807) is 6.20 Å². The highest BCUT2D eigenvalue weighted by Crippen LogP contribution is 2.15. The third kappa shape index (κ3) is 1.98. The Labute approximate surface area is 94.9 Å². The van der Waals surface area contributed by atoms with E-state index < -0.39 is 0 Å². The smallest absolute Gasteiger partial charge is 0.204 e. The number of nitrogens with zero attached hydrogens (tertiary/aromatic N) is 4. The van der Waals surface area contributed by atoms with Crippen LogP contribution in [0.2, 0.25) is 0 Å². The Morgan fingerprint density at radius 3 is 2.94 bits per heavy atom. The molecule has 5 heteroatoms. The van der Waals surface area contributed by atoms with Crippen LogP contribution < -0.4 is 5.32 Å². The highest BCUT2D eigenvalue weighted by Gasteiger charge is 2.08. The molecule has 0 saturated carbocycles. The molecular formula is C11H17N5. The van der Waals surface area contributed by atoms with Crippen molar-refractivity contribution in [3.63, 3.8) is 0 Å². The van der Waals surface area contributed by atoms with Crippen LogP contribution in [0, 0.1) is 6.92 Å². The third-order valence-electron chi connectivity index (χ3n) is 2.55. The minimum absolute atomic E-state index is 0.774. The number of nitrogens with one attached hydrogen (secondary N) is 1. The summed E-state index contributed by atoms with van der Waals surface area (Å²) in [6.45, 7) is 5.00. The van der Waals surface area contributed by atoms with E-state index in [4.69, 9.17) is 0 Å². The van der Waals surface area contributed by atoms with E-state index in [9.17, 15) is 0 Å². The number of hydrogen-bond acceptors (Lipinski definition) is 4. The molecule has 2 aromatic heterocycles. The molecule has 1 N–H and O–H groups in total. The quantitative estimate of drug-likeness (QED) is 0.798. The fourth-order valence-corrected chi connectivity index (χ4v) is 1.60. The van der Waals surface area contributed by atoms with E-state index in [0.717, 1.165) is 35.9 Å². The van der Waals surface area contributed by atoms with Gasteiger partial charge in [-0.15, -0.1) is 0 Å². The lowest BCUT2D eigenvalue weighted by atomic mass is 10.3. The normalized spacial score (nSPS) is 10.9. The Morgan fingerprint density at radius 2 is 2.19 bits per heavy atom. The Kier molecular flexibility index (Phi) is 3.03. The van der Waals surface area contributed by atoms with Crippen molar-refractivity contribution < 1.29 is 0 Å². The van der Waals surface area contributed by atoms with Gasteiger partial charge in [0.2, 0.25) is 5.95 Å². The average Bonchev–Trinajstić information content (AvgIpc) is 2.57. The first-order chi connectivity index (χ1) is 7.72. The summed E-state index contributed by atoms with van der Waals surface area (Å²) in [4.78, 5) is 13.0. The number of unbranched alkanes of at least 4 members (excludes halogenated alkanes) is 1. The molecule has 0 spiro atoms. The van der Waals surface area contributed by atoms with E-state index in [-0.39, 0.29) is 0 Å². The lowest BCUT2D eigenvalue weighted by Crippen LogP contribution is -2.06. The minimum atomic E-state index is 0.774. The molecule has 86 valence electrons. The van der Waals surface area contributed by atoms with E-state index in [0.29, 0.717) is 0 Å². The van der Waals surface area contributed by atoms with Crippen molar-refractivity contribution in [2.75, 3.05) is 11.9 Å². The van der Waals surface area contributed by atoms with Gasteiger partial charge in [0.1, 0.15) is 11.3 Å². The molecule has 2 heterocycles. The zero-order valence-corrected chi connectivity index (χ0v) is 9.99. The van der Waals surface area contributed by atoms with Crippen LogP contribution in [0.15, 0.2) is 6.20 Å². The summed E-state index contributed by atoms with van der Waals surface area (Å²) in [6, 6.07) is 0. The Balaban J connectivity index is 2.29. The van der Waals surface area contributed by atoms with Gasteiger partial charge >= 0.3 is 0 Å². The molecule has 0 unspecified atom stereocenters. The van der Waals surface area contributed by atoms with Gasteiger partial charge < -0.3 is 5.32 Å². The van der Waals surface area contributed by atoms with Crippen molar-refractivity contribution in [2.24, 2.45) is 7.05 Å². The standard InChI is InChI=1S/C11H17N5/c1-4-5-6-12-11-15-9-7-13-8(2)14-10(9)16(11)3/h7H,4-6H2,1-3H3,(H,12,15). The highest BCUT2D eigenvalue weighted by molar-refractivity contribution is 5.73. The van der Waals surface area contributed by atoms with Gasteiger partial charge in [0.25, 0.3) is 0 Å². The van der Waals surface area contributed by atoms with Gasteiger partial charge in [-0.1, -0.05) is 13.3 Å². The van der Waals surface area contributed by atoms with Gasteiger partial charge in [0, 0.05) is 13.6 Å². The van der Waals surface area contributed by atoms with Crippen LogP contribution in [0.25, 0.3) is 11.2 Å². The summed E-state index contributed by atoms with van der Waals surface area (Å²) < 4.78 is 1.97. The van der Waals surface area contributed by atoms with Crippen LogP contribution in [0.3, 0.4) is 0 Å². The molecule has 0 amide bonds. The first kappa shape index (κ1) is 10.9. The summed E-state index contributed by atoms with van der Waals surface area (Å²) in [7, 11) is 1.97. The molecular weight excluding hydrogens is 202 g/mol. The predicted molar refractivity (Wildman–Crippen MR) is 64.4 cm³/mol. The molecule has 0 atom stereocenters. The summed E-state index contributed by atoms with van der Waals surface area (Å²) in [5.74, 6) is 1.64. The second kappa shape index (κ2) is 4.47. The number of aryl methyl sites for hydroxylation is 2. The summed E-state index contributed by atoms with van der Waals surface area (Å²) in [6.07, 6.45) is 4.09. The lowest BCUT2D eigenvalue weighted by Gasteiger charge is -2.04. The molecule has 0 saturated heterocycles. The van der Waals surface area contributed by atoms with Crippen molar-refractivity contribution in [1.82, 2.24) is 19.5 Å². The van der Waals surface area contributed by atoms with Crippen LogP contribution in [-0.4, -0.2) is 26.1 Å². The molecule has 0 aliphatic rings. The van der Waals surface area contributed by atoms with Gasteiger partial charge in [-0.2, -0.15) is 0 Å². The SMILES string of the molecule is CCCCNc1nc2cnc(C)nc2n1C. The summed E-state index contributed by atoms with van der Waals surface area (Å²) in [5, 5.41) is 3.31. The van der Waals surface area contributed by atoms with Gasteiger partial charge in [-0.3, -0.25) is 4.57 Å². The average molecular weight is 219 g/mol. The van der Waals surface area contributed by atoms with E-state index in [2.05, 4.69) is 27.2 Å². The maximum Gasteiger partial charge on any atom is 0.204 e. The van der Waals surface area contributed by atoms with Crippen molar-refractivity contribution in [3.8, 4) is 0 Å². The van der Waals surface area contributed by atoms with Crippen LogP contribution >= 0.6 is 0 Å². The molecule has 0 bridgehead atoms. The van der Waals surface area contributed by atoms with Crippen LogP contribution in [0.4, 0.5) is 5.95 Å². The molecule has 0 fully saturated rings. The lowest BCUT2D eigenvalue weighted by molar-refractivity contribution is 0.814. The molecule has 0 aliphatic heterocycles. The third-order valence-corrected chi connectivity index (χ3v) is 2.55. The van der Waals surface area contributed by atoms with Gasteiger partial charge in [-0.25, -0.2) is 15.0 Å². The molecule has 2 rings (SSSR count). The summed E-state index contributed by atoms with van der Waals surface area (Å²) >= 11 is 0. The number of hydrogen-bond donors (Lipinski definition) is 1. The molecule has 0 aromatic carbocycles. The van der Waals surface area contributed by atoms with Gasteiger partial charge in [0.15, 0.2) is 5.65 Å². The zero-order valence-electron chi connectivity index (χ0n) is 9.99. The second-order valence-electron chi connectivity index (χ2n) is 3.90. The topological polar surface area (TPSA) is 55.6 Å². The zero-order chi connectivity index (χ0) is 11.5. The number of fused-ring (bicyclic) bond motifs is 1. The van der Waals surface area contributed by atoms with Gasteiger partial charge in [0.05, 0.1) is 6.20 Å². The van der Waals surface area contributed by atoms with Crippen LogP contribution in [0.5, 0.6) is 0 Å². The van der Waals surface area contributed by atoms with Crippen molar-refractivity contribution in [1.29, 1.82) is 0 Å². The molecule has 0 aliphatic carbocycles. The molecule has 16 heavy (non-hydrogen) atoms. The fourth-order valence-electron chi connectivity index (χ4n) is 1.60. The van der Waals surface area contributed by atoms with Crippen LogP contribution in [-0.2, 0) is 7.05 Å². The van der Waals surface area contributed by atoms with E-state index in [1.165, 1.54) is 6.42 Å². The van der Waals surface area contributed by atoms with E-state index >= 15 is 0 Å². The minimum Gasteiger partial charge on any atom is -0.356 e. The van der Waals surface area contributed by atoms with Crippen molar-refractivity contribution in [3.05, 3.63) is 12.0 Å². The number of imidazole rings is 1. The maximum absolute atomic E-state index is 4.45. The Hall–Kier alpha value is -1.65. The van der Waals surface area contributed by atoms with Crippen LogP contribution in [0.1, 0.15) is 25.6 Å². The highest BCUT2D eigenvalue weighted by atomic mass is 15.2. The Morgan fingerprint density at radius 1 is 1.38 bits per heavy atom. The molecule has 2 aromatic rings. The molecule has 5 nitrogen and oxygen atoms in total. The van der Waals surface area contributed by atoms with E-state index in [1.807, 2.05) is 18.5 Å². The van der Waals surface area contributed by atoms with Gasteiger partial charge in [-0.05, 0) is 13.3 Å². The molecule has 0 radical (unpaired) electrons. The van der Waals surface area contributed by atoms with Crippen molar-refractivity contribution in [2.45, 2.75) is 26.7 Å². The number of rotatable bonds is 4. The monoisotopic (exact) mass is 219 g/mol. The second-order valence-corrected chi connectivity index (χ2v) is 3.90. The largest absolute Gasteiger partial charge is 0.356 e. The fraction of sp³-hybridized carbons (Fsp3) is 0.545. The number of aromatic nitrogens is 4. The Bertz CT molecular complexity index is 488. The number of anilines is 1. The summed E-state index contributed by atoms with van der Waals surface area (Å²) in [5.41, 5.74) is 1.72. The van der Waals surface area contributed by atoms with Crippen molar-refractivity contribution >= 4 is 17.1 Å². The first-order valence-electron chi connectivity index (χ1n) is 5.62.